The summed E-state index contributed by atoms with van der Waals surface area (Å²) < 4.78 is 11.5. The Morgan fingerprint density at radius 2 is 2.20 bits per heavy atom. The maximum Gasteiger partial charge on any atom is 0.166 e. The molecule has 15 heavy (non-hydrogen) atoms. The van der Waals surface area contributed by atoms with E-state index in [-0.39, 0.29) is 0 Å². The molecule has 0 unspecified atom stereocenters. The quantitative estimate of drug-likeness (QED) is 0.810. The summed E-state index contributed by atoms with van der Waals surface area (Å²) in [7, 11) is 1.59. The highest BCUT2D eigenvalue weighted by molar-refractivity contribution is 9.10. The summed E-state index contributed by atoms with van der Waals surface area (Å²) in [5.41, 5.74) is 2.94. The van der Waals surface area contributed by atoms with Gasteiger partial charge >= 0.3 is 0 Å². The van der Waals surface area contributed by atoms with Crippen molar-refractivity contribution in [1.29, 1.82) is 0 Å². The molecule has 1 aromatic carbocycles. The van der Waals surface area contributed by atoms with E-state index in [1.54, 1.807) is 7.11 Å². The van der Waals surface area contributed by atoms with Gasteiger partial charge in [-0.1, -0.05) is 15.9 Å². The third-order valence-electron chi connectivity index (χ3n) is 1.93. The summed E-state index contributed by atoms with van der Waals surface area (Å²) in [4.78, 5) is 0. The summed E-state index contributed by atoms with van der Waals surface area (Å²) in [5.74, 6) is 1.31. The zero-order valence-corrected chi connectivity index (χ0v) is 10.3. The van der Waals surface area contributed by atoms with E-state index in [0.29, 0.717) is 24.7 Å². The zero-order valence-electron chi connectivity index (χ0n) is 8.71. The maximum atomic E-state index is 8.73. The molecule has 0 heterocycles. The second kappa shape index (κ2) is 5.95. The van der Waals surface area contributed by atoms with Crippen LogP contribution >= 0.6 is 15.9 Å². The van der Waals surface area contributed by atoms with Crippen LogP contribution in [0.15, 0.2) is 16.6 Å². The van der Waals surface area contributed by atoms with Crippen molar-refractivity contribution in [1.82, 2.24) is 5.48 Å². The number of benzene rings is 1. The number of hydrogen-bond acceptors (Lipinski definition) is 4. The second-order valence-corrected chi connectivity index (χ2v) is 3.68. The van der Waals surface area contributed by atoms with Gasteiger partial charge in [0.1, 0.15) is 0 Å². The molecular weight excluding hydrogens is 262 g/mol. The van der Waals surface area contributed by atoms with Crippen LogP contribution in [0.1, 0.15) is 12.5 Å². The lowest BCUT2D eigenvalue weighted by atomic mass is 10.2. The number of halogens is 1. The molecule has 0 fully saturated rings. The molecule has 0 aromatic heterocycles. The van der Waals surface area contributed by atoms with E-state index in [1.165, 1.54) is 0 Å². The molecule has 0 aliphatic rings. The van der Waals surface area contributed by atoms with Gasteiger partial charge in [-0.3, -0.25) is 0 Å². The smallest absolute Gasteiger partial charge is 0.166 e. The van der Waals surface area contributed by atoms with Crippen molar-refractivity contribution in [2.45, 2.75) is 13.5 Å². The standard InChI is InChI=1S/C10H14BrNO3/c1-3-15-10-7(6-12-13)8(11)4-5-9(10)14-2/h4-5,12-13H,3,6H2,1-2H3. The molecule has 0 radical (unpaired) electrons. The lowest BCUT2D eigenvalue weighted by Crippen LogP contribution is -2.09. The van der Waals surface area contributed by atoms with Gasteiger partial charge < -0.3 is 14.7 Å². The average molecular weight is 276 g/mol. The van der Waals surface area contributed by atoms with E-state index in [2.05, 4.69) is 21.4 Å². The summed E-state index contributed by atoms with van der Waals surface area (Å²) in [5, 5.41) is 8.73. The zero-order chi connectivity index (χ0) is 11.3. The fourth-order valence-electron chi connectivity index (χ4n) is 1.29. The summed E-state index contributed by atoms with van der Waals surface area (Å²) in [6.07, 6.45) is 0. The SMILES string of the molecule is CCOc1c(OC)ccc(Br)c1CNO. The molecule has 0 aliphatic carbocycles. The van der Waals surface area contributed by atoms with E-state index >= 15 is 0 Å². The molecule has 1 aromatic rings. The number of nitrogens with one attached hydrogen (secondary N) is 1. The van der Waals surface area contributed by atoms with Crippen molar-refractivity contribution in [2.24, 2.45) is 0 Å². The summed E-state index contributed by atoms with van der Waals surface area (Å²) >= 11 is 3.39. The Kier molecular flexibility index (Phi) is 4.87. The van der Waals surface area contributed by atoms with E-state index in [9.17, 15) is 0 Å². The van der Waals surface area contributed by atoms with Gasteiger partial charge in [-0.2, -0.15) is 0 Å². The lowest BCUT2D eigenvalue weighted by molar-refractivity contribution is 0.159. The van der Waals surface area contributed by atoms with Gasteiger partial charge in [-0.05, 0) is 19.1 Å². The first-order valence-corrected chi connectivity index (χ1v) is 5.39. The van der Waals surface area contributed by atoms with Crippen molar-refractivity contribution in [3.05, 3.63) is 22.2 Å². The largest absolute Gasteiger partial charge is 0.493 e. The van der Waals surface area contributed by atoms with Crippen molar-refractivity contribution in [2.75, 3.05) is 13.7 Å². The molecule has 0 spiro atoms. The predicted molar refractivity (Wildman–Crippen MR) is 60.5 cm³/mol. The fourth-order valence-corrected chi connectivity index (χ4v) is 1.74. The van der Waals surface area contributed by atoms with E-state index in [4.69, 9.17) is 14.7 Å². The van der Waals surface area contributed by atoms with Crippen molar-refractivity contribution < 1.29 is 14.7 Å². The van der Waals surface area contributed by atoms with Gasteiger partial charge in [0, 0.05) is 10.0 Å². The molecule has 0 aliphatic heterocycles. The van der Waals surface area contributed by atoms with Gasteiger partial charge in [-0.25, -0.2) is 5.48 Å². The van der Waals surface area contributed by atoms with Gasteiger partial charge in [0.25, 0.3) is 0 Å². The minimum atomic E-state index is 0.299. The first-order valence-electron chi connectivity index (χ1n) is 4.59. The number of hydroxylamine groups is 1. The van der Waals surface area contributed by atoms with Gasteiger partial charge in [0.2, 0.25) is 0 Å². The minimum Gasteiger partial charge on any atom is -0.493 e. The Hall–Kier alpha value is -0.780. The van der Waals surface area contributed by atoms with Crippen LogP contribution in [0.25, 0.3) is 0 Å². The molecule has 0 saturated heterocycles. The number of ether oxygens (including phenoxy) is 2. The molecule has 5 heteroatoms. The number of methoxy groups -OCH3 is 1. The van der Waals surface area contributed by atoms with Crippen molar-refractivity contribution >= 4 is 15.9 Å². The maximum absolute atomic E-state index is 8.73. The Morgan fingerprint density at radius 1 is 1.47 bits per heavy atom. The van der Waals surface area contributed by atoms with Crippen LogP contribution in [0.5, 0.6) is 11.5 Å². The Labute approximate surface area is 97.3 Å². The Bertz CT molecular complexity index is 331. The highest BCUT2D eigenvalue weighted by atomic mass is 79.9. The molecular formula is C10H14BrNO3. The molecule has 2 N–H and O–H groups in total. The molecule has 84 valence electrons. The average Bonchev–Trinajstić information content (AvgIpc) is 2.24. The van der Waals surface area contributed by atoms with Crippen molar-refractivity contribution in [3.63, 3.8) is 0 Å². The van der Waals surface area contributed by atoms with Crippen LogP contribution in [-0.4, -0.2) is 18.9 Å². The monoisotopic (exact) mass is 275 g/mol. The summed E-state index contributed by atoms with van der Waals surface area (Å²) in [6.45, 7) is 2.74. The van der Waals surface area contributed by atoms with Crippen LogP contribution in [0, 0.1) is 0 Å². The predicted octanol–water partition coefficient (Wildman–Crippen LogP) is 2.34. The van der Waals surface area contributed by atoms with Gasteiger partial charge in [0.05, 0.1) is 20.3 Å². The molecule has 0 saturated carbocycles. The number of hydrogen-bond donors (Lipinski definition) is 2. The highest BCUT2D eigenvalue weighted by Gasteiger charge is 2.13. The molecule has 4 nitrogen and oxygen atoms in total. The third-order valence-corrected chi connectivity index (χ3v) is 2.67. The Morgan fingerprint density at radius 3 is 2.73 bits per heavy atom. The van der Waals surface area contributed by atoms with Crippen molar-refractivity contribution in [3.8, 4) is 11.5 Å². The topological polar surface area (TPSA) is 50.7 Å². The van der Waals surface area contributed by atoms with Gasteiger partial charge in [-0.15, -0.1) is 0 Å². The lowest BCUT2D eigenvalue weighted by Gasteiger charge is -2.15. The van der Waals surface area contributed by atoms with E-state index in [1.807, 2.05) is 19.1 Å². The molecule has 1 rings (SSSR count). The van der Waals surface area contributed by atoms with E-state index < -0.39 is 0 Å². The molecule has 0 amide bonds. The molecule has 0 atom stereocenters. The normalized spacial score (nSPS) is 10.1. The first-order chi connectivity index (χ1) is 7.24. The highest BCUT2D eigenvalue weighted by Crippen LogP contribution is 2.36. The summed E-state index contributed by atoms with van der Waals surface area (Å²) in [6, 6.07) is 3.67. The van der Waals surface area contributed by atoms with Crippen LogP contribution in [0.2, 0.25) is 0 Å². The fraction of sp³-hybridized carbons (Fsp3) is 0.400. The van der Waals surface area contributed by atoms with Crippen LogP contribution in [0.3, 0.4) is 0 Å². The van der Waals surface area contributed by atoms with Crippen LogP contribution in [-0.2, 0) is 6.54 Å². The molecule has 0 bridgehead atoms. The van der Waals surface area contributed by atoms with Crippen LogP contribution in [0.4, 0.5) is 0 Å². The Balaban J connectivity index is 3.17. The number of rotatable bonds is 5. The van der Waals surface area contributed by atoms with Gasteiger partial charge in [0.15, 0.2) is 11.5 Å². The second-order valence-electron chi connectivity index (χ2n) is 2.83. The third kappa shape index (κ3) is 2.84. The van der Waals surface area contributed by atoms with Crippen LogP contribution < -0.4 is 15.0 Å². The minimum absolute atomic E-state index is 0.299. The first kappa shape index (κ1) is 12.3. The van der Waals surface area contributed by atoms with E-state index in [0.717, 1.165) is 10.0 Å².